The van der Waals surface area contributed by atoms with Crippen LogP contribution in [0, 0.1) is 0 Å². The molecule has 1 aromatic carbocycles. The fourth-order valence-corrected chi connectivity index (χ4v) is 1.73. The first-order valence-electron chi connectivity index (χ1n) is 5.87. The Kier molecular flexibility index (Phi) is 3.62. The van der Waals surface area contributed by atoms with E-state index >= 15 is 0 Å². The first-order valence-corrected chi connectivity index (χ1v) is 6.40. The lowest BCUT2D eigenvalue weighted by atomic mass is 9.87. The molecule has 1 heterocycles. The summed E-state index contributed by atoms with van der Waals surface area (Å²) in [5.41, 5.74) is 3.13. The lowest BCUT2D eigenvalue weighted by molar-refractivity contribution is 0.576. The maximum Gasteiger partial charge on any atom is 0.299 e. The van der Waals surface area contributed by atoms with Crippen molar-refractivity contribution < 1.29 is 4.42 Å². The molecule has 2 rings (SSSR count). The van der Waals surface area contributed by atoms with Crippen molar-refractivity contribution in [2.75, 3.05) is 5.32 Å². The summed E-state index contributed by atoms with van der Waals surface area (Å²) < 4.78 is 5.25. The van der Waals surface area contributed by atoms with E-state index in [1.165, 1.54) is 5.56 Å². The molecule has 0 radical (unpaired) electrons. The van der Waals surface area contributed by atoms with Crippen LogP contribution >= 0.6 is 11.6 Å². The van der Waals surface area contributed by atoms with Crippen molar-refractivity contribution >= 4 is 23.3 Å². The smallest absolute Gasteiger partial charge is 0.299 e. The summed E-state index contributed by atoms with van der Waals surface area (Å²) in [4.78, 5) is 4.19. The van der Waals surface area contributed by atoms with Crippen molar-refractivity contribution in [3.05, 3.63) is 41.8 Å². The number of benzene rings is 1. The van der Waals surface area contributed by atoms with E-state index in [9.17, 15) is 0 Å². The predicted molar refractivity (Wildman–Crippen MR) is 74.5 cm³/mol. The van der Waals surface area contributed by atoms with Gasteiger partial charge >= 0.3 is 0 Å². The van der Waals surface area contributed by atoms with E-state index < -0.39 is 0 Å². The predicted octanol–water partition coefficient (Wildman–Crippen LogP) is 4.45. The van der Waals surface area contributed by atoms with Crippen molar-refractivity contribution in [3.63, 3.8) is 0 Å². The second-order valence-electron chi connectivity index (χ2n) is 5.23. The van der Waals surface area contributed by atoms with Gasteiger partial charge < -0.3 is 9.73 Å². The van der Waals surface area contributed by atoms with Gasteiger partial charge in [0.15, 0.2) is 0 Å². The van der Waals surface area contributed by atoms with E-state index in [-0.39, 0.29) is 5.41 Å². The van der Waals surface area contributed by atoms with E-state index in [1.807, 2.05) is 12.1 Å². The standard InChI is InChI=1S/C14H17ClN2O/c1-14(2,3)10-4-6-11(7-5-10)16-13-17-12(8-15)9-18-13/h4-7,9H,8H2,1-3H3,(H,16,17). The van der Waals surface area contributed by atoms with Gasteiger partial charge in [-0.25, -0.2) is 0 Å². The first-order chi connectivity index (χ1) is 8.49. The molecule has 96 valence electrons. The molecule has 1 aromatic heterocycles. The molecule has 0 spiro atoms. The summed E-state index contributed by atoms with van der Waals surface area (Å²) in [5.74, 6) is 0.355. The Morgan fingerprint density at radius 2 is 1.89 bits per heavy atom. The second kappa shape index (κ2) is 5.02. The van der Waals surface area contributed by atoms with Crippen LogP contribution in [0.15, 0.2) is 34.9 Å². The average molecular weight is 265 g/mol. The molecule has 0 atom stereocenters. The maximum absolute atomic E-state index is 5.66. The van der Waals surface area contributed by atoms with Crippen LogP contribution in [0.5, 0.6) is 0 Å². The SMILES string of the molecule is CC(C)(C)c1ccc(Nc2nc(CCl)co2)cc1. The van der Waals surface area contributed by atoms with E-state index in [4.69, 9.17) is 16.0 Å². The van der Waals surface area contributed by atoms with E-state index in [1.54, 1.807) is 6.26 Å². The topological polar surface area (TPSA) is 38.1 Å². The summed E-state index contributed by atoms with van der Waals surface area (Å²) in [7, 11) is 0. The summed E-state index contributed by atoms with van der Waals surface area (Å²) in [6, 6.07) is 8.71. The van der Waals surface area contributed by atoms with Gasteiger partial charge in [-0.1, -0.05) is 32.9 Å². The van der Waals surface area contributed by atoms with Gasteiger partial charge in [-0.05, 0) is 23.1 Å². The van der Waals surface area contributed by atoms with Gasteiger partial charge in [0.1, 0.15) is 6.26 Å². The van der Waals surface area contributed by atoms with Gasteiger partial charge in [0, 0.05) is 5.69 Å². The average Bonchev–Trinajstić information content (AvgIpc) is 2.76. The van der Waals surface area contributed by atoms with Crippen LogP contribution in [0.4, 0.5) is 11.7 Å². The number of nitrogens with zero attached hydrogens (tertiary/aromatic N) is 1. The van der Waals surface area contributed by atoms with E-state index in [0.717, 1.165) is 11.4 Å². The largest absolute Gasteiger partial charge is 0.432 e. The minimum atomic E-state index is 0.160. The number of halogens is 1. The summed E-state index contributed by atoms with van der Waals surface area (Å²) >= 11 is 5.66. The molecular weight excluding hydrogens is 248 g/mol. The van der Waals surface area contributed by atoms with E-state index in [2.05, 4.69) is 43.2 Å². The van der Waals surface area contributed by atoms with Crippen molar-refractivity contribution in [2.45, 2.75) is 32.1 Å². The summed E-state index contributed by atoms with van der Waals surface area (Å²) in [5, 5.41) is 3.10. The van der Waals surface area contributed by atoms with Crippen molar-refractivity contribution in [1.29, 1.82) is 0 Å². The third-order valence-corrected chi connectivity index (χ3v) is 2.96. The molecule has 2 aromatic rings. The highest BCUT2D eigenvalue weighted by molar-refractivity contribution is 6.16. The van der Waals surface area contributed by atoms with Crippen LogP contribution in [-0.4, -0.2) is 4.98 Å². The van der Waals surface area contributed by atoms with E-state index in [0.29, 0.717) is 11.9 Å². The molecule has 0 unspecified atom stereocenters. The molecule has 18 heavy (non-hydrogen) atoms. The first kappa shape index (κ1) is 13.0. The Labute approximate surface area is 112 Å². The number of oxazole rings is 1. The number of anilines is 2. The van der Waals surface area contributed by atoms with Crippen molar-refractivity contribution in [1.82, 2.24) is 4.98 Å². The Balaban J connectivity index is 2.11. The van der Waals surface area contributed by atoms with Gasteiger partial charge in [-0.2, -0.15) is 4.98 Å². The molecule has 0 saturated heterocycles. The third-order valence-electron chi connectivity index (χ3n) is 2.69. The van der Waals surface area contributed by atoms with Gasteiger partial charge in [0.2, 0.25) is 0 Å². The molecule has 0 bridgehead atoms. The maximum atomic E-state index is 5.66. The fourth-order valence-electron chi connectivity index (χ4n) is 1.60. The molecule has 3 nitrogen and oxygen atoms in total. The molecule has 0 fully saturated rings. The highest BCUT2D eigenvalue weighted by atomic mass is 35.5. The monoisotopic (exact) mass is 264 g/mol. The van der Waals surface area contributed by atoms with Crippen LogP contribution in [0.1, 0.15) is 32.0 Å². The number of nitrogens with one attached hydrogen (secondary N) is 1. The molecule has 0 amide bonds. The summed E-state index contributed by atoms with van der Waals surface area (Å²) in [6.07, 6.45) is 1.55. The third kappa shape index (κ3) is 3.05. The number of hydrogen-bond acceptors (Lipinski definition) is 3. The summed E-state index contributed by atoms with van der Waals surface area (Å²) in [6.45, 7) is 6.57. The molecule has 0 aliphatic rings. The van der Waals surface area contributed by atoms with Gasteiger partial charge in [-0.15, -0.1) is 11.6 Å². The molecule has 4 heteroatoms. The lowest BCUT2D eigenvalue weighted by Crippen LogP contribution is -2.10. The lowest BCUT2D eigenvalue weighted by Gasteiger charge is -2.19. The Morgan fingerprint density at radius 1 is 1.22 bits per heavy atom. The zero-order valence-electron chi connectivity index (χ0n) is 10.8. The van der Waals surface area contributed by atoms with Crippen LogP contribution in [0.2, 0.25) is 0 Å². The molecule has 0 saturated carbocycles. The zero-order valence-corrected chi connectivity index (χ0v) is 11.6. The van der Waals surface area contributed by atoms with Gasteiger partial charge in [0.25, 0.3) is 6.01 Å². The highest BCUT2D eigenvalue weighted by Gasteiger charge is 2.13. The van der Waals surface area contributed by atoms with Crippen molar-refractivity contribution in [3.8, 4) is 0 Å². The number of rotatable bonds is 3. The zero-order chi connectivity index (χ0) is 13.2. The van der Waals surface area contributed by atoms with Crippen molar-refractivity contribution in [2.24, 2.45) is 0 Å². The second-order valence-corrected chi connectivity index (χ2v) is 5.50. The van der Waals surface area contributed by atoms with Gasteiger partial charge in [0.05, 0.1) is 11.6 Å². The highest BCUT2D eigenvalue weighted by Crippen LogP contribution is 2.24. The Bertz CT molecular complexity index is 511. The van der Waals surface area contributed by atoms with Gasteiger partial charge in [-0.3, -0.25) is 0 Å². The Morgan fingerprint density at radius 3 is 2.39 bits per heavy atom. The van der Waals surface area contributed by atoms with Crippen LogP contribution in [0.25, 0.3) is 0 Å². The molecule has 1 N–H and O–H groups in total. The quantitative estimate of drug-likeness (QED) is 0.832. The molecule has 0 aliphatic heterocycles. The normalized spacial score (nSPS) is 11.6. The van der Waals surface area contributed by atoms with Crippen LogP contribution in [-0.2, 0) is 11.3 Å². The number of alkyl halides is 1. The minimum Gasteiger partial charge on any atom is -0.432 e. The van der Waals surface area contributed by atoms with Crippen LogP contribution in [0.3, 0.4) is 0 Å². The molecular formula is C14H17ClN2O. The Hall–Kier alpha value is -1.48. The fraction of sp³-hybridized carbons (Fsp3) is 0.357. The number of aromatic nitrogens is 1. The molecule has 0 aliphatic carbocycles. The van der Waals surface area contributed by atoms with Crippen LogP contribution < -0.4 is 5.32 Å². The minimum absolute atomic E-state index is 0.160. The number of hydrogen-bond donors (Lipinski definition) is 1.